The number of benzene rings is 1. The lowest BCUT2D eigenvalue weighted by molar-refractivity contribution is -0.123. The summed E-state index contributed by atoms with van der Waals surface area (Å²) >= 11 is 0. The number of unbranched alkanes of at least 4 members (excludes halogenated alkanes) is 1. The number of ketones is 1. The van der Waals surface area contributed by atoms with Crippen LogP contribution >= 0.6 is 0 Å². The smallest absolute Gasteiger partial charge is 0.407 e. The minimum atomic E-state index is -0.885. The molecule has 0 spiro atoms. The molecule has 120 valence electrons. The molecular weight excluding hydrogens is 278 g/mol. The Morgan fingerprint density at radius 3 is 2.68 bits per heavy atom. The van der Waals surface area contributed by atoms with Gasteiger partial charge in [-0.15, -0.1) is 0 Å². The molecule has 1 aromatic rings. The third kappa shape index (κ3) is 4.33. The summed E-state index contributed by atoms with van der Waals surface area (Å²) in [7, 11) is 0. The van der Waals surface area contributed by atoms with E-state index in [1.165, 1.54) is 0 Å². The molecule has 0 aromatic heterocycles. The monoisotopic (exact) mass is 303 g/mol. The molecule has 0 heterocycles. The van der Waals surface area contributed by atoms with Crippen molar-refractivity contribution in [3.8, 4) is 0 Å². The summed E-state index contributed by atoms with van der Waals surface area (Å²) in [5.41, 5.74) is 0.996. The number of Topliss-reactive ketones (excluding diaryl/α,β-unsaturated/α-hetero) is 1. The average molecular weight is 303 g/mol. The van der Waals surface area contributed by atoms with Crippen LogP contribution in [-0.2, 0) is 11.3 Å². The van der Waals surface area contributed by atoms with Gasteiger partial charge in [0, 0.05) is 25.4 Å². The van der Waals surface area contributed by atoms with E-state index in [0.717, 1.165) is 24.8 Å². The molecule has 0 aliphatic heterocycles. The van der Waals surface area contributed by atoms with E-state index in [1.54, 1.807) is 4.90 Å². The number of carbonyl (C=O) groups is 2. The van der Waals surface area contributed by atoms with Gasteiger partial charge in [0.05, 0.1) is 0 Å². The third-order valence-corrected chi connectivity index (χ3v) is 4.52. The van der Waals surface area contributed by atoms with E-state index in [2.05, 4.69) is 6.92 Å². The average Bonchev–Trinajstić information content (AvgIpc) is 2.52. The molecule has 1 aliphatic carbocycles. The van der Waals surface area contributed by atoms with Gasteiger partial charge < -0.3 is 10.0 Å². The van der Waals surface area contributed by atoms with E-state index in [0.29, 0.717) is 25.8 Å². The highest BCUT2D eigenvalue weighted by Crippen LogP contribution is 2.31. The van der Waals surface area contributed by atoms with Crippen LogP contribution in [0.5, 0.6) is 0 Å². The van der Waals surface area contributed by atoms with Gasteiger partial charge >= 0.3 is 6.09 Å². The van der Waals surface area contributed by atoms with Crippen molar-refractivity contribution in [2.75, 3.05) is 0 Å². The molecule has 2 rings (SSSR count). The number of rotatable bonds is 6. The number of carboxylic acid groups (broad SMARTS) is 1. The van der Waals surface area contributed by atoms with Crippen LogP contribution in [0, 0.1) is 5.92 Å². The van der Waals surface area contributed by atoms with Crippen LogP contribution in [0.2, 0.25) is 0 Å². The van der Waals surface area contributed by atoms with Gasteiger partial charge in [-0.25, -0.2) is 4.79 Å². The first-order valence-corrected chi connectivity index (χ1v) is 8.17. The molecule has 1 amide bonds. The Hall–Kier alpha value is -1.84. The van der Waals surface area contributed by atoms with Gasteiger partial charge in [0.2, 0.25) is 0 Å². The SMILES string of the molecule is CCCC[C@H]1CC(=O)CC[C@@H]1N(Cc1ccccc1)C(=O)O. The van der Waals surface area contributed by atoms with Crippen LogP contribution in [0.3, 0.4) is 0 Å². The summed E-state index contributed by atoms with van der Waals surface area (Å²) < 4.78 is 0. The van der Waals surface area contributed by atoms with E-state index in [1.807, 2.05) is 30.3 Å². The summed E-state index contributed by atoms with van der Waals surface area (Å²) in [6, 6.07) is 9.64. The van der Waals surface area contributed by atoms with E-state index < -0.39 is 6.09 Å². The second-order valence-electron chi connectivity index (χ2n) is 6.15. The van der Waals surface area contributed by atoms with Gasteiger partial charge in [0.25, 0.3) is 0 Å². The topological polar surface area (TPSA) is 57.6 Å². The largest absolute Gasteiger partial charge is 0.465 e. The van der Waals surface area contributed by atoms with Gasteiger partial charge in [0.1, 0.15) is 5.78 Å². The molecule has 1 aliphatic rings. The van der Waals surface area contributed by atoms with Gasteiger partial charge in [0.15, 0.2) is 0 Å². The molecule has 4 heteroatoms. The fourth-order valence-electron chi connectivity index (χ4n) is 3.35. The lowest BCUT2D eigenvalue weighted by Crippen LogP contribution is -2.46. The maximum Gasteiger partial charge on any atom is 0.407 e. The predicted octanol–water partition coefficient (Wildman–Crippen LogP) is 4.09. The first-order valence-electron chi connectivity index (χ1n) is 8.17. The van der Waals surface area contributed by atoms with Crippen LogP contribution in [0.15, 0.2) is 30.3 Å². The standard InChI is InChI=1S/C18H25NO3/c1-2-3-9-15-12-16(20)10-11-17(15)19(18(21)22)13-14-7-5-4-6-8-14/h4-8,15,17H,2-3,9-13H2,1H3,(H,21,22)/t15-,17-/m0/s1. The first kappa shape index (κ1) is 16.5. The van der Waals surface area contributed by atoms with Crippen molar-refractivity contribution in [2.45, 2.75) is 58.0 Å². The van der Waals surface area contributed by atoms with Crippen LogP contribution in [0.4, 0.5) is 4.79 Å². The number of hydrogen-bond acceptors (Lipinski definition) is 2. The maximum atomic E-state index is 11.8. The minimum absolute atomic E-state index is 0.0399. The van der Waals surface area contributed by atoms with E-state index in [4.69, 9.17) is 0 Å². The fraction of sp³-hybridized carbons (Fsp3) is 0.556. The molecule has 0 bridgehead atoms. The highest BCUT2D eigenvalue weighted by Gasteiger charge is 2.35. The molecule has 0 radical (unpaired) electrons. The molecule has 1 aromatic carbocycles. The Morgan fingerprint density at radius 2 is 2.05 bits per heavy atom. The summed E-state index contributed by atoms with van der Waals surface area (Å²) in [6.07, 6.45) is 3.87. The number of amides is 1. The lowest BCUT2D eigenvalue weighted by atomic mass is 9.80. The summed E-state index contributed by atoms with van der Waals surface area (Å²) in [5, 5.41) is 9.64. The van der Waals surface area contributed by atoms with Crippen molar-refractivity contribution in [2.24, 2.45) is 5.92 Å². The zero-order valence-electron chi connectivity index (χ0n) is 13.2. The molecule has 1 fully saturated rings. The highest BCUT2D eigenvalue weighted by molar-refractivity contribution is 5.80. The summed E-state index contributed by atoms with van der Waals surface area (Å²) in [4.78, 5) is 25.1. The summed E-state index contributed by atoms with van der Waals surface area (Å²) in [5.74, 6) is 0.448. The second-order valence-corrected chi connectivity index (χ2v) is 6.15. The van der Waals surface area contributed by atoms with Crippen molar-refractivity contribution in [3.05, 3.63) is 35.9 Å². The zero-order chi connectivity index (χ0) is 15.9. The molecule has 2 atom stereocenters. The van der Waals surface area contributed by atoms with E-state index >= 15 is 0 Å². The fourth-order valence-corrected chi connectivity index (χ4v) is 3.35. The Balaban J connectivity index is 2.13. The lowest BCUT2D eigenvalue weighted by Gasteiger charge is -2.38. The highest BCUT2D eigenvalue weighted by atomic mass is 16.4. The van der Waals surface area contributed by atoms with Gasteiger partial charge in [-0.1, -0.05) is 50.1 Å². The molecule has 22 heavy (non-hydrogen) atoms. The molecule has 1 N–H and O–H groups in total. The number of hydrogen-bond donors (Lipinski definition) is 1. The van der Waals surface area contributed by atoms with Crippen molar-refractivity contribution >= 4 is 11.9 Å². The Labute approximate surface area is 132 Å². The second kappa shape index (κ2) is 7.97. The molecule has 0 saturated heterocycles. The first-order chi connectivity index (χ1) is 10.6. The molecule has 1 saturated carbocycles. The van der Waals surface area contributed by atoms with Crippen LogP contribution in [0.25, 0.3) is 0 Å². The van der Waals surface area contributed by atoms with Crippen LogP contribution in [-0.4, -0.2) is 27.9 Å². The Bertz CT molecular complexity index is 500. The van der Waals surface area contributed by atoms with Crippen molar-refractivity contribution in [3.63, 3.8) is 0 Å². The van der Waals surface area contributed by atoms with E-state index in [9.17, 15) is 14.7 Å². The molecule has 4 nitrogen and oxygen atoms in total. The van der Waals surface area contributed by atoms with Crippen molar-refractivity contribution in [1.82, 2.24) is 4.90 Å². The van der Waals surface area contributed by atoms with Crippen LogP contribution in [0.1, 0.15) is 51.0 Å². The van der Waals surface area contributed by atoms with E-state index in [-0.39, 0.29) is 17.7 Å². The van der Waals surface area contributed by atoms with Gasteiger partial charge in [-0.2, -0.15) is 0 Å². The van der Waals surface area contributed by atoms with Crippen molar-refractivity contribution in [1.29, 1.82) is 0 Å². The van der Waals surface area contributed by atoms with Gasteiger partial charge in [-0.05, 0) is 24.3 Å². The van der Waals surface area contributed by atoms with Crippen molar-refractivity contribution < 1.29 is 14.7 Å². The Kier molecular flexibility index (Phi) is 5.99. The predicted molar refractivity (Wildman–Crippen MR) is 85.7 cm³/mol. The Morgan fingerprint density at radius 1 is 1.32 bits per heavy atom. The van der Waals surface area contributed by atoms with Crippen LogP contribution < -0.4 is 0 Å². The normalized spacial score (nSPS) is 21.6. The van der Waals surface area contributed by atoms with Gasteiger partial charge in [-0.3, -0.25) is 4.79 Å². The minimum Gasteiger partial charge on any atom is -0.465 e. The maximum absolute atomic E-state index is 11.8. The summed E-state index contributed by atoms with van der Waals surface area (Å²) in [6.45, 7) is 2.52. The molecule has 0 unspecified atom stereocenters. The third-order valence-electron chi connectivity index (χ3n) is 4.52. The number of nitrogens with zero attached hydrogens (tertiary/aromatic N) is 1. The molecular formula is C18H25NO3. The number of carbonyl (C=O) groups excluding carboxylic acids is 1. The quantitative estimate of drug-likeness (QED) is 0.861. The zero-order valence-corrected chi connectivity index (χ0v) is 13.2.